The van der Waals surface area contributed by atoms with Crippen LogP contribution in [0.4, 0.5) is 18.9 Å². The highest BCUT2D eigenvalue weighted by Crippen LogP contribution is 2.34. The SMILES string of the molecule is Nc1cc(Cl)c(OC(F)(F)F)cc1C=CC(=O)Cl. The molecule has 3 nitrogen and oxygen atoms in total. The van der Waals surface area contributed by atoms with Crippen LogP contribution in [-0.4, -0.2) is 11.6 Å². The summed E-state index contributed by atoms with van der Waals surface area (Å²) in [6, 6.07) is 2.04. The molecule has 1 aromatic carbocycles. The number of nitrogen functional groups attached to an aromatic ring is 1. The van der Waals surface area contributed by atoms with E-state index >= 15 is 0 Å². The number of allylic oxidation sites excluding steroid dienone is 1. The number of hydrogen-bond acceptors (Lipinski definition) is 3. The van der Waals surface area contributed by atoms with Gasteiger partial charge >= 0.3 is 6.36 Å². The van der Waals surface area contributed by atoms with Crippen LogP contribution >= 0.6 is 23.2 Å². The first kappa shape index (κ1) is 14.7. The van der Waals surface area contributed by atoms with E-state index in [4.69, 9.17) is 28.9 Å². The molecule has 0 heterocycles. The summed E-state index contributed by atoms with van der Waals surface area (Å²) >= 11 is 10.6. The second-order valence-electron chi connectivity index (χ2n) is 3.10. The summed E-state index contributed by atoms with van der Waals surface area (Å²) in [5, 5.41) is -1.08. The highest BCUT2D eigenvalue weighted by Gasteiger charge is 2.32. The number of benzene rings is 1. The minimum Gasteiger partial charge on any atom is -0.404 e. The first-order valence-corrected chi connectivity index (χ1v) is 5.17. The molecule has 0 fully saturated rings. The van der Waals surface area contributed by atoms with Crippen molar-refractivity contribution in [3.05, 3.63) is 28.8 Å². The summed E-state index contributed by atoms with van der Waals surface area (Å²) in [6.07, 6.45) is -2.77. The Hall–Kier alpha value is -1.40. The summed E-state index contributed by atoms with van der Waals surface area (Å²) in [6.45, 7) is 0. The van der Waals surface area contributed by atoms with Gasteiger partial charge in [0.15, 0.2) is 0 Å². The summed E-state index contributed by atoms with van der Waals surface area (Å²) < 4.78 is 39.9. The fourth-order valence-electron chi connectivity index (χ4n) is 1.09. The molecule has 0 saturated carbocycles. The number of carbonyl (C=O) groups excluding carboxylic acids is 1. The van der Waals surface area contributed by atoms with Crippen LogP contribution in [0.3, 0.4) is 0 Å². The largest absolute Gasteiger partial charge is 0.573 e. The van der Waals surface area contributed by atoms with Crippen molar-refractivity contribution in [1.82, 2.24) is 0 Å². The molecular weight excluding hydrogens is 294 g/mol. The Morgan fingerprint density at radius 3 is 2.50 bits per heavy atom. The monoisotopic (exact) mass is 299 g/mol. The van der Waals surface area contributed by atoms with E-state index in [1.807, 2.05) is 0 Å². The Morgan fingerprint density at radius 1 is 1.39 bits per heavy atom. The molecule has 0 aromatic heterocycles. The number of ether oxygens (including phenoxy) is 1. The van der Waals surface area contributed by atoms with Crippen molar-refractivity contribution in [3.63, 3.8) is 0 Å². The van der Waals surface area contributed by atoms with E-state index in [-0.39, 0.29) is 16.3 Å². The van der Waals surface area contributed by atoms with Crippen molar-refractivity contribution < 1.29 is 22.7 Å². The number of nitrogens with two attached hydrogens (primary N) is 1. The molecule has 0 aliphatic rings. The number of anilines is 1. The predicted octanol–water partition coefficient (Wildman–Crippen LogP) is 3.60. The van der Waals surface area contributed by atoms with Gasteiger partial charge in [-0.3, -0.25) is 4.79 Å². The van der Waals surface area contributed by atoms with Crippen LogP contribution in [0.25, 0.3) is 6.08 Å². The molecule has 8 heteroatoms. The van der Waals surface area contributed by atoms with Crippen molar-refractivity contribution in [3.8, 4) is 5.75 Å². The van der Waals surface area contributed by atoms with Gasteiger partial charge in [-0.25, -0.2) is 0 Å². The molecule has 0 unspecified atom stereocenters. The normalized spacial score (nSPS) is 11.8. The molecule has 0 bridgehead atoms. The van der Waals surface area contributed by atoms with Gasteiger partial charge in [0, 0.05) is 11.3 Å². The van der Waals surface area contributed by atoms with E-state index in [0.29, 0.717) is 0 Å². The average Bonchev–Trinajstić information content (AvgIpc) is 2.18. The Balaban J connectivity index is 3.14. The molecule has 98 valence electrons. The van der Waals surface area contributed by atoms with Gasteiger partial charge in [-0.2, -0.15) is 0 Å². The Bertz CT molecular complexity index is 501. The van der Waals surface area contributed by atoms with Gasteiger partial charge in [0.25, 0.3) is 0 Å². The first-order valence-electron chi connectivity index (χ1n) is 4.41. The zero-order valence-electron chi connectivity index (χ0n) is 8.59. The van der Waals surface area contributed by atoms with E-state index < -0.39 is 17.4 Å². The maximum absolute atomic E-state index is 12.1. The lowest BCUT2D eigenvalue weighted by atomic mass is 10.1. The Labute approximate surface area is 110 Å². The topological polar surface area (TPSA) is 52.3 Å². The lowest BCUT2D eigenvalue weighted by molar-refractivity contribution is -0.274. The maximum atomic E-state index is 12.1. The second-order valence-corrected chi connectivity index (χ2v) is 3.88. The molecule has 0 amide bonds. The maximum Gasteiger partial charge on any atom is 0.573 e. The van der Waals surface area contributed by atoms with Gasteiger partial charge in [-0.15, -0.1) is 13.2 Å². The van der Waals surface area contributed by atoms with E-state index in [0.717, 1.165) is 24.3 Å². The summed E-state index contributed by atoms with van der Waals surface area (Å²) in [5.41, 5.74) is 5.73. The molecule has 0 spiro atoms. The molecule has 2 N–H and O–H groups in total. The van der Waals surface area contributed by atoms with Gasteiger partial charge in [0.2, 0.25) is 5.24 Å². The molecule has 0 saturated heterocycles. The third-order valence-electron chi connectivity index (χ3n) is 1.76. The van der Waals surface area contributed by atoms with Crippen molar-refractivity contribution in [2.24, 2.45) is 0 Å². The lowest BCUT2D eigenvalue weighted by Gasteiger charge is -2.12. The van der Waals surface area contributed by atoms with Crippen molar-refractivity contribution in [2.75, 3.05) is 5.73 Å². The van der Waals surface area contributed by atoms with Crippen LogP contribution in [0.2, 0.25) is 5.02 Å². The number of rotatable bonds is 3. The van der Waals surface area contributed by atoms with Gasteiger partial charge in [0.1, 0.15) is 5.75 Å². The van der Waals surface area contributed by atoms with Gasteiger partial charge in [-0.05, 0) is 35.9 Å². The molecule has 0 aliphatic carbocycles. The van der Waals surface area contributed by atoms with E-state index in [9.17, 15) is 18.0 Å². The number of hydrogen-bond donors (Lipinski definition) is 1. The van der Waals surface area contributed by atoms with E-state index in [1.54, 1.807) is 0 Å². The fraction of sp³-hybridized carbons (Fsp3) is 0.100. The van der Waals surface area contributed by atoms with Crippen molar-refractivity contribution >= 4 is 40.2 Å². The van der Waals surface area contributed by atoms with Crippen LogP contribution in [0, 0.1) is 0 Å². The van der Waals surface area contributed by atoms with Crippen LogP contribution in [-0.2, 0) is 4.79 Å². The number of carbonyl (C=O) groups is 1. The van der Waals surface area contributed by atoms with Crippen LogP contribution in [0.15, 0.2) is 18.2 Å². The number of alkyl halides is 3. The average molecular weight is 300 g/mol. The standard InChI is InChI=1S/C10H6Cl2F3NO2/c11-6-4-7(16)5(1-2-9(12)17)3-8(6)18-10(13,14)15/h1-4H,16H2. The third kappa shape index (κ3) is 4.46. The van der Waals surface area contributed by atoms with E-state index in [2.05, 4.69) is 4.74 Å². The zero-order valence-corrected chi connectivity index (χ0v) is 10.1. The smallest absolute Gasteiger partial charge is 0.404 e. The highest BCUT2D eigenvalue weighted by atomic mass is 35.5. The van der Waals surface area contributed by atoms with Crippen molar-refractivity contribution in [2.45, 2.75) is 6.36 Å². The molecule has 1 aromatic rings. The molecule has 0 atom stereocenters. The van der Waals surface area contributed by atoms with Crippen LogP contribution < -0.4 is 10.5 Å². The molecule has 18 heavy (non-hydrogen) atoms. The molecule has 0 aliphatic heterocycles. The molecule has 0 radical (unpaired) electrons. The predicted molar refractivity (Wildman–Crippen MR) is 62.4 cm³/mol. The molecule has 1 rings (SSSR count). The fourth-order valence-corrected chi connectivity index (χ4v) is 1.36. The number of halogens is 5. The quantitative estimate of drug-likeness (QED) is 0.527. The van der Waals surface area contributed by atoms with E-state index in [1.165, 1.54) is 0 Å². The third-order valence-corrected chi connectivity index (χ3v) is 2.18. The van der Waals surface area contributed by atoms with Gasteiger partial charge in [-0.1, -0.05) is 11.6 Å². The van der Waals surface area contributed by atoms with Gasteiger partial charge < -0.3 is 10.5 Å². The lowest BCUT2D eigenvalue weighted by Crippen LogP contribution is -2.17. The first-order chi connectivity index (χ1) is 8.19. The van der Waals surface area contributed by atoms with Crippen molar-refractivity contribution in [1.29, 1.82) is 0 Å². The summed E-state index contributed by atoms with van der Waals surface area (Å²) in [7, 11) is 0. The summed E-state index contributed by atoms with van der Waals surface area (Å²) in [4.78, 5) is 10.5. The van der Waals surface area contributed by atoms with Crippen LogP contribution in [0.5, 0.6) is 5.75 Å². The Kier molecular flexibility index (Phi) is 4.48. The minimum absolute atomic E-state index is 0.0868. The highest BCUT2D eigenvalue weighted by molar-refractivity contribution is 6.66. The second kappa shape index (κ2) is 5.49. The summed E-state index contributed by atoms with van der Waals surface area (Å²) in [5.74, 6) is -0.611. The minimum atomic E-state index is -4.87. The Morgan fingerprint density at radius 2 is 2.00 bits per heavy atom. The zero-order chi connectivity index (χ0) is 13.9. The van der Waals surface area contributed by atoms with Crippen LogP contribution in [0.1, 0.15) is 5.56 Å². The van der Waals surface area contributed by atoms with Gasteiger partial charge in [0.05, 0.1) is 5.02 Å². The molecular formula is C10H6Cl2F3NO2.